The zero-order chi connectivity index (χ0) is 16.9. The first-order valence-electron chi connectivity index (χ1n) is 6.52. The van der Waals surface area contributed by atoms with Crippen molar-refractivity contribution in [1.29, 1.82) is 0 Å². The normalized spacial score (nSPS) is 22.8. The van der Waals surface area contributed by atoms with Gasteiger partial charge in [0.1, 0.15) is 12.1 Å². The van der Waals surface area contributed by atoms with Gasteiger partial charge in [0.05, 0.1) is 27.3 Å². The summed E-state index contributed by atoms with van der Waals surface area (Å²) in [7, 11) is 2.42. The van der Waals surface area contributed by atoms with Crippen LogP contribution in [0.4, 0.5) is 0 Å². The molecule has 22 heavy (non-hydrogen) atoms. The Balaban J connectivity index is 3.02. The Hall–Kier alpha value is -2.20. The van der Waals surface area contributed by atoms with Crippen molar-refractivity contribution in [2.24, 2.45) is 11.5 Å². The van der Waals surface area contributed by atoms with Crippen LogP contribution in [-0.2, 0) is 28.7 Å². The first kappa shape index (κ1) is 17.9. The zero-order valence-electron chi connectivity index (χ0n) is 12.5. The molecule has 10 heteroatoms. The number of nitrogens with two attached hydrogens (primary N) is 2. The molecule has 0 aromatic rings. The van der Waals surface area contributed by atoms with E-state index in [2.05, 4.69) is 9.47 Å². The van der Waals surface area contributed by atoms with Crippen molar-refractivity contribution < 1.29 is 28.7 Å². The number of esters is 2. The largest absolute Gasteiger partial charge is 0.468 e. The highest BCUT2D eigenvalue weighted by Crippen LogP contribution is 2.17. The number of methoxy groups -OCH3 is 2. The molecule has 2 atom stereocenters. The summed E-state index contributed by atoms with van der Waals surface area (Å²) in [5, 5.41) is 0. The highest BCUT2D eigenvalue weighted by Gasteiger charge is 2.44. The maximum Gasteiger partial charge on any atom is 0.319 e. The minimum Gasteiger partial charge on any atom is -0.468 e. The van der Waals surface area contributed by atoms with Gasteiger partial charge >= 0.3 is 11.9 Å². The summed E-state index contributed by atoms with van der Waals surface area (Å²) in [4.78, 5) is 49.1. The Morgan fingerprint density at radius 1 is 0.864 bits per heavy atom. The molecule has 0 aliphatic carbocycles. The Labute approximate surface area is 127 Å². The van der Waals surface area contributed by atoms with E-state index < -0.39 is 35.8 Å². The second-order valence-corrected chi connectivity index (χ2v) is 4.79. The lowest BCUT2D eigenvalue weighted by Crippen LogP contribution is -2.68. The van der Waals surface area contributed by atoms with Gasteiger partial charge in [-0.2, -0.15) is 0 Å². The average Bonchev–Trinajstić information content (AvgIpc) is 2.47. The third-order valence-corrected chi connectivity index (χ3v) is 3.46. The Morgan fingerprint density at radius 2 is 1.18 bits per heavy atom. The zero-order valence-corrected chi connectivity index (χ0v) is 12.5. The van der Waals surface area contributed by atoms with E-state index >= 15 is 0 Å². The van der Waals surface area contributed by atoms with Gasteiger partial charge in [-0.1, -0.05) is 0 Å². The molecule has 0 bridgehead atoms. The van der Waals surface area contributed by atoms with Crippen LogP contribution < -0.4 is 11.5 Å². The fourth-order valence-electron chi connectivity index (χ4n) is 2.42. The molecule has 1 aliphatic rings. The van der Waals surface area contributed by atoms with Crippen LogP contribution in [0.5, 0.6) is 0 Å². The standard InChI is InChI=1S/C12H20N4O6/c1-21-7(17)5-15-3-4-16(6-8(18)22-2)10(12(14)20)9(15)11(13)19/h9-10H,3-6H2,1-2H3,(H2,13,19)(H2,14,20)/t9-,10+. The molecule has 0 aromatic heterocycles. The number of ether oxygens (including phenoxy) is 2. The average molecular weight is 316 g/mol. The lowest BCUT2D eigenvalue weighted by atomic mass is 9.99. The van der Waals surface area contributed by atoms with Gasteiger partial charge in [0.25, 0.3) is 0 Å². The van der Waals surface area contributed by atoms with Crippen LogP contribution in [0.2, 0.25) is 0 Å². The first-order chi connectivity index (χ1) is 10.3. The summed E-state index contributed by atoms with van der Waals surface area (Å²) in [5.41, 5.74) is 10.7. The number of amides is 2. The van der Waals surface area contributed by atoms with E-state index in [1.165, 1.54) is 24.0 Å². The van der Waals surface area contributed by atoms with E-state index in [0.29, 0.717) is 0 Å². The van der Waals surface area contributed by atoms with Gasteiger partial charge in [0, 0.05) is 13.1 Å². The van der Waals surface area contributed by atoms with Crippen molar-refractivity contribution in [3.05, 3.63) is 0 Å². The van der Waals surface area contributed by atoms with Crippen molar-refractivity contribution >= 4 is 23.8 Å². The third kappa shape index (κ3) is 4.15. The fourth-order valence-corrected chi connectivity index (χ4v) is 2.42. The molecular weight excluding hydrogens is 296 g/mol. The van der Waals surface area contributed by atoms with Crippen LogP contribution in [0, 0.1) is 0 Å². The summed E-state index contributed by atoms with van der Waals surface area (Å²) >= 11 is 0. The number of primary amides is 2. The number of piperazine rings is 1. The molecule has 0 radical (unpaired) electrons. The maximum absolute atomic E-state index is 11.7. The van der Waals surface area contributed by atoms with Gasteiger partial charge in [-0.3, -0.25) is 29.0 Å². The van der Waals surface area contributed by atoms with Crippen LogP contribution >= 0.6 is 0 Å². The highest BCUT2D eigenvalue weighted by atomic mass is 16.5. The minimum atomic E-state index is -1.13. The smallest absolute Gasteiger partial charge is 0.319 e. The summed E-state index contributed by atoms with van der Waals surface area (Å²) < 4.78 is 9.10. The Bertz CT molecular complexity index is 427. The molecule has 1 fully saturated rings. The minimum absolute atomic E-state index is 0.208. The molecule has 124 valence electrons. The second-order valence-electron chi connectivity index (χ2n) is 4.79. The predicted octanol–water partition coefficient (Wildman–Crippen LogP) is -3.34. The van der Waals surface area contributed by atoms with Gasteiger partial charge < -0.3 is 20.9 Å². The molecule has 1 rings (SSSR count). The molecule has 10 nitrogen and oxygen atoms in total. The van der Waals surface area contributed by atoms with Crippen LogP contribution in [0.15, 0.2) is 0 Å². The first-order valence-corrected chi connectivity index (χ1v) is 6.52. The SMILES string of the molecule is COC(=O)CN1CCN(CC(=O)OC)[C@@H](C(N)=O)[C@H]1C(N)=O. The molecule has 1 saturated heterocycles. The van der Waals surface area contributed by atoms with Gasteiger partial charge in [-0.15, -0.1) is 0 Å². The van der Waals surface area contributed by atoms with Crippen molar-refractivity contribution in [1.82, 2.24) is 9.80 Å². The Kier molecular flexibility index (Phi) is 6.25. The lowest BCUT2D eigenvalue weighted by Gasteiger charge is -2.43. The molecule has 2 amide bonds. The number of nitrogens with zero attached hydrogens (tertiary/aromatic N) is 2. The van der Waals surface area contributed by atoms with E-state index in [9.17, 15) is 19.2 Å². The van der Waals surface area contributed by atoms with Crippen molar-refractivity contribution in [3.63, 3.8) is 0 Å². The van der Waals surface area contributed by atoms with E-state index in [1.54, 1.807) is 0 Å². The van der Waals surface area contributed by atoms with Crippen LogP contribution in [0.25, 0.3) is 0 Å². The second kappa shape index (κ2) is 7.71. The van der Waals surface area contributed by atoms with Gasteiger partial charge in [0.2, 0.25) is 11.8 Å². The molecule has 0 unspecified atom stereocenters. The van der Waals surface area contributed by atoms with Crippen molar-refractivity contribution in [2.45, 2.75) is 12.1 Å². The van der Waals surface area contributed by atoms with E-state index in [0.717, 1.165) is 0 Å². The number of hydrogen-bond donors (Lipinski definition) is 2. The third-order valence-electron chi connectivity index (χ3n) is 3.46. The van der Waals surface area contributed by atoms with Gasteiger partial charge in [-0.25, -0.2) is 0 Å². The van der Waals surface area contributed by atoms with Crippen LogP contribution in [0.3, 0.4) is 0 Å². The molecule has 1 aliphatic heterocycles. The van der Waals surface area contributed by atoms with E-state index in [4.69, 9.17) is 11.5 Å². The molecule has 0 spiro atoms. The Morgan fingerprint density at radius 3 is 1.41 bits per heavy atom. The number of carbonyl (C=O) groups is 4. The quantitative estimate of drug-likeness (QED) is 0.484. The molecule has 0 saturated carbocycles. The molecule has 1 heterocycles. The molecular formula is C12H20N4O6. The monoisotopic (exact) mass is 316 g/mol. The van der Waals surface area contributed by atoms with E-state index in [-0.39, 0.29) is 26.2 Å². The highest BCUT2D eigenvalue weighted by molar-refractivity contribution is 5.92. The molecule has 0 aromatic carbocycles. The number of rotatable bonds is 6. The lowest BCUT2D eigenvalue weighted by molar-refractivity contribution is -0.153. The summed E-state index contributed by atoms with van der Waals surface area (Å²) in [5.74, 6) is -2.78. The summed E-state index contributed by atoms with van der Waals surface area (Å²) in [6, 6.07) is -2.26. The van der Waals surface area contributed by atoms with Crippen molar-refractivity contribution in [2.75, 3.05) is 40.4 Å². The summed E-state index contributed by atoms with van der Waals surface area (Å²) in [6.45, 7) is 0.0624. The van der Waals surface area contributed by atoms with Gasteiger partial charge in [-0.05, 0) is 0 Å². The number of hydrogen-bond acceptors (Lipinski definition) is 8. The maximum atomic E-state index is 11.7. The summed E-state index contributed by atoms with van der Waals surface area (Å²) in [6.07, 6.45) is 0. The fraction of sp³-hybridized carbons (Fsp3) is 0.667. The number of carbonyl (C=O) groups excluding carboxylic acids is 4. The molecule has 4 N–H and O–H groups in total. The topological polar surface area (TPSA) is 145 Å². The van der Waals surface area contributed by atoms with Crippen LogP contribution in [-0.4, -0.2) is 86.0 Å². The predicted molar refractivity (Wildman–Crippen MR) is 73.1 cm³/mol. The van der Waals surface area contributed by atoms with Crippen molar-refractivity contribution in [3.8, 4) is 0 Å². The van der Waals surface area contributed by atoms with Crippen LogP contribution in [0.1, 0.15) is 0 Å². The van der Waals surface area contributed by atoms with E-state index in [1.807, 2.05) is 0 Å². The van der Waals surface area contributed by atoms with Gasteiger partial charge in [0.15, 0.2) is 0 Å².